The van der Waals surface area contributed by atoms with Gasteiger partial charge in [0.15, 0.2) is 5.78 Å². The Bertz CT molecular complexity index is 826. The van der Waals surface area contributed by atoms with Crippen LogP contribution in [0.3, 0.4) is 0 Å². The quantitative estimate of drug-likeness (QED) is 0.453. The molecule has 0 amide bonds. The predicted molar refractivity (Wildman–Crippen MR) is 118 cm³/mol. The van der Waals surface area contributed by atoms with E-state index in [-0.39, 0.29) is 29.5 Å². The molecule has 0 saturated heterocycles. The standard InChI is InChI=1S/C25H34O5/c1-14(6-7-23(28)29)8-15(2)9-22-21(12-20(27)13-26)16(3)10-19-11-17(4)25(30)18(5)24(19)22/h6-10,12,17-19,22,24-26,30H,11,13H2,1-5H3,(H,28,29)/b7-6?,14-8-,15-9+,21-12+/t17-,18+,19-,22+,24+,25+/m0/s1. The average molecular weight is 415 g/mol. The molecule has 2 rings (SSSR count). The largest absolute Gasteiger partial charge is 0.478 e. The lowest BCUT2D eigenvalue weighted by molar-refractivity contribution is -0.131. The average Bonchev–Trinajstić information content (AvgIpc) is 2.66. The van der Waals surface area contributed by atoms with Gasteiger partial charge >= 0.3 is 5.97 Å². The second-order valence-corrected chi connectivity index (χ2v) is 8.87. The zero-order valence-electron chi connectivity index (χ0n) is 18.5. The molecule has 3 N–H and O–H groups in total. The van der Waals surface area contributed by atoms with Gasteiger partial charge in [0, 0.05) is 12.0 Å². The van der Waals surface area contributed by atoms with Crippen LogP contribution in [0.15, 0.2) is 58.7 Å². The number of aliphatic carboxylic acids is 1. The summed E-state index contributed by atoms with van der Waals surface area (Å²) in [6.45, 7) is 9.42. The van der Waals surface area contributed by atoms with Gasteiger partial charge < -0.3 is 15.3 Å². The molecule has 0 bridgehead atoms. The van der Waals surface area contributed by atoms with Gasteiger partial charge in [-0.3, -0.25) is 4.79 Å². The maximum Gasteiger partial charge on any atom is 0.328 e. The van der Waals surface area contributed by atoms with E-state index < -0.39 is 18.7 Å². The Morgan fingerprint density at radius 2 is 1.83 bits per heavy atom. The molecule has 1 saturated carbocycles. The third-order valence-corrected chi connectivity index (χ3v) is 6.42. The number of rotatable bonds is 6. The molecule has 2 aliphatic rings. The fraction of sp³-hybridized carbons (Fsp3) is 0.520. The molecule has 30 heavy (non-hydrogen) atoms. The summed E-state index contributed by atoms with van der Waals surface area (Å²) in [4.78, 5) is 22.8. The lowest BCUT2D eigenvalue weighted by Gasteiger charge is -2.48. The van der Waals surface area contributed by atoms with Crippen LogP contribution in [0.5, 0.6) is 0 Å². The van der Waals surface area contributed by atoms with E-state index in [1.54, 1.807) is 6.08 Å². The van der Waals surface area contributed by atoms with E-state index in [9.17, 15) is 19.8 Å². The number of carbonyl (C=O) groups is 2. The third kappa shape index (κ3) is 5.67. The number of carbonyl (C=O) groups excluding carboxylic acids is 1. The number of aliphatic hydroxyl groups is 2. The highest BCUT2D eigenvalue weighted by atomic mass is 16.4. The first kappa shape index (κ1) is 24.0. The van der Waals surface area contributed by atoms with E-state index in [1.165, 1.54) is 6.08 Å². The van der Waals surface area contributed by atoms with Crippen LogP contribution in [0.1, 0.15) is 41.0 Å². The third-order valence-electron chi connectivity index (χ3n) is 6.42. The Morgan fingerprint density at radius 1 is 1.17 bits per heavy atom. The minimum absolute atomic E-state index is 0.0572. The molecule has 5 heteroatoms. The molecular formula is C25H34O5. The Hall–Kier alpha value is -2.24. The molecule has 0 aliphatic heterocycles. The fourth-order valence-electron chi connectivity index (χ4n) is 5.09. The number of fused-ring (bicyclic) bond motifs is 1. The SMILES string of the molecule is CC1=C[C@H]2C[C@H](C)[C@@H](O)[C@H](C)[C@H]2[C@H](/C=C(C)/C=C(/C)C=CC(=O)O)/C1=C/C(=O)CO. The Labute approximate surface area is 179 Å². The van der Waals surface area contributed by atoms with Gasteiger partial charge in [0.25, 0.3) is 0 Å². The summed E-state index contributed by atoms with van der Waals surface area (Å²) in [5.41, 5.74) is 3.70. The first-order valence-corrected chi connectivity index (χ1v) is 10.5. The van der Waals surface area contributed by atoms with Crippen molar-refractivity contribution in [2.75, 3.05) is 6.61 Å². The van der Waals surface area contributed by atoms with Crippen molar-refractivity contribution in [1.29, 1.82) is 0 Å². The summed E-state index contributed by atoms with van der Waals surface area (Å²) in [6.07, 6.45) is 10.9. The molecule has 0 radical (unpaired) electrons. The summed E-state index contributed by atoms with van der Waals surface area (Å²) in [6, 6.07) is 0. The van der Waals surface area contributed by atoms with Gasteiger partial charge in [-0.1, -0.05) is 54.9 Å². The van der Waals surface area contributed by atoms with Gasteiger partial charge in [0.1, 0.15) is 6.61 Å². The summed E-state index contributed by atoms with van der Waals surface area (Å²) in [5, 5.41) is 28.8. The molecule has 6 atom stereocenters. The van der Waals surface area contributed by atoms with Crippen LogP contribution in [0.4, 0.5) is 0 Å². The molecule has 5 nitrogen and oxygen atoms in total. The van der Waals surface area contributed by atoms with E-state index in [0.29, 0.717) is 5.92 Å². The number of hydrogen-bond donors (Lipinski definition) is 3. The van der Waals surface area contributed by atoms with Crippen LogP contribution >= 0.6 is 0 Å². The predicted octanol–water partition coefficient (Wildman–Crippen LogP) is 3.85. The number of carboxylic acids is 1. The highest BCUT2D eigenvalue weighted by Gasteiger charge is 2.45. The minimum atomic E-state index is -0.993. The van der Waals surface area contributed by atoms with Crippen molar-refractivity contribution in [2.45, 2.75) is 47.1 Å². The number of allylic oxidation sites excluding steroid dienone is 8. The van der Waals surface area contributed by atoms with Crippen LogP contribution in [-0.2, 0) is 9.59 Å². The Balaban J connectivity index is 2.52. The smallest absolute Gasteiger partial charge is 0.328 e. The summed E-state index contributed by atoms with van der Waals surface area (Å²) >= 11 is 0. The maximum absolute atomic E-state index is 12.0. The van der Waals surface area contributed by atoms with Crippen molar-refractivity contribution in [3.05, 3.63) is 58.7 Å². The van der Waals surface area contributed by atoms with Crippen molar-refractivity contribution in [3.63, 3.8) is 0 Å². The van der Waals surface area contributed by atoms with E-state index in [1.807, 2.05) is 26.8 Å². The molecule has 0 heterocycles. The van der Waals surface area contributed by atoms with Gasteiger partial charge in [-0.05, 0) is 62.5 Å². The minimum Gasteiger partial charge on any atom is -0.478 e. The number of carboxylic acid groups (broad SMARTS) is 1. The normalized spacial score (nSPS) is 34.1. The summed E-state index contributed by atoms with van der Waals surface area (Å²) in [7, 11) is 0. The number of ketones is 1. The van der Waals surface area contributed by atoms with Crippen molar-refractivity contribution >= 4 is 11.8 Å². The summed E-state index contributed by atoms with van der Waals surface area (Å²) < 4.78 is 0. The maximum atomic E-state index is 12.0. The van der Waals surface area contributed by atoms with Crippen LogP contribution in [0, 0.1) is 29.6 Å². The molecular weight excluding hydrogens is 380 g/mol. The lowest BCUT2D eigenvalue weighted by atomic mass is 9.57. The van der Waals surface area contributed by atoms with Crippen molar-refractivity contribution in [3.8, 4) is 0 Å². The zero-order valence-corrected chi connectivity index (χ0v) is 18.5. The van der Waals surface area contributed by atoms with Crippen LogP contribution in [0.2, 0.25) is 0 Å². The first-order chi connectivity index (χ1) is 14.0. The molecule has 1 fully saturated rings. The topological polar surface area (TPSA) is 94.8 Å². The van der Waals surface area contributed by atoms with Crippen LogP contribution in [0.25, 0.3) is 0 Å². The lowest BCUT2D eigenvalue weighted by Crippen LogP contribution is -2.45. The monoisotopic (exact) mass is 414 g/mol. The highest BCUT2D eigenvalue weighted by Crippen LogP contribution is 2.50. The van der Waals surface area contributed by atoms with E-state index in [2.05, 4.69) is 26.0 Å². The molecule has 0 spiro atoms. The van der Waals surface area contributed by atoms with Gasteiger partial charge in [0.05, 0.1) is 6.10 Å². The van der Waals surface area contributed by atoms with E-state index in [4.69, 9.17) is 5.11 Å². The van der Waals surface area contributed by atoms with Gasteiger partial charge in [-0.2, -0.15) is 0 Å². The Kier molecular flexibility index (Phi) is 8.16. The molecule has 0 unspecified atom stereocenters. The van der Waals surface area contributed by atoms with Gasteiger partial charge in [-0.15, -0.1) is 0 Å². The molecule has 0 aromatic rings. The second kappa shape index (κ2) is 10.2. The zero-order chi connectivity index (χ0) is 22.6. The van der Waals surface area contributed by atoms with Gasteiger partial charge in [-0.25, -0.2) is 4.79 Å². The van der Waals surface area contributed by atoms with Crippen molar-refractivity contribution in [2.24, 2.45) is 29.6 Å². The number of hydrogen-bond acceptors (Lipinski definition) is 4. The van der Waals surface area contributed by atoms with Crippen LogP contribution < -0.4 is 0 Å². The Morgan fingerprint density at radius 3 is 2.43 bits per heavy atom. The van der Waals surface area contributed by atoms with Gasteiger partial charge in [0.2, 0.25) is 0 Å². The molecule has 2 aliphatic carbocycles. The van der Waals surface area contributed by atoms with Crippen LogP contribution in [-0.4, -0.2) is 39.8 Å². The van der Waals surface area contributed by atoms with E-state index in [0.717, 1.165) is 34.8 Å². The molecule has 0 aromatic heterocycles. The number of aliphatic hydroxyl groups excluding tert-OH is 2. The van der Waals surface area contributed by atoms with Crippen molar-refractivity contribution < 1.29 is 24.9 Å². The molecule has 0 aromatic carbocycles. The van der Waals surface area contributed by atoms with E-state index >= 15 is 0 Å². The van der Waals surface area contributed by atoms with Crippen molar-refractivity contribution in [1.82, 2.24) is 0 Å². The second-order valence-electron chi connectivity index (χ2n) is 8.87. The summed E-state index contributed by atoms with van der Waals surface area (Å²) in [5.74, 6) is -0.666. The fourth-order valence-corrected chi connectivity index (χ4v) is 5.09. The highest BCUT2D eigenvalue weighted by molar-refractivity contribution is 5.92. The first-order valence-electron chi connectivity index (χ1n) is 10.5. The molecule has 164 valence electrons.